The zero-order valence-corrected chi connectivity index (χ0v) is 12.1. The first kappa shape index (κ1) is 14.9. The van der Waals surface area contributed by atoms with Gasteiger partial charge in [0.2, 0.25) is 5.91 Å². The summed E-state index contributed by atoms with van der Waals surface area (Å²) in [6.45, 7) is 7.74. The summed E-state index contributed by atoms with van der Waals surface area (Å²) in [5.41, 5.74) is 0.752. The second-order valence-corrected chi connectivity index (χ2v) is 5.20. The number of hydrogen-bond donors (Lipinski definition) is 1. The molecule has 0 unspecified atom stereocenters. The number of nitrogens with one attached hydrogen (secondary N) is 1. The summed E-state index contributed by atoms with van der Waals surface area (Å²) < 4.78 is 13.0. The minimum atomic E-state index is -0.284. The van der Waals surface area contributed by atoms with Crippen LogP contribution in [0.15, 0.2) is 24.3 Å². The van der Waals surface area contributed by atoms with Crippen molar-refractivity contribution in [2.24, 2.45) is 0 Å². The number of hydrogen-bond acceptors (Lipinski definition) is 3. The van der Waals surface area contributed by atoms with Crippen molar-refractivity contribution in [3.05, 3.63) is 30.1 Å². The first-order valence-corrected chi connectivity index (χ1v) is 7.12. The second-order valence-electron chi connectivity index (χ2n) is 5.20. The fourth-order valence-electron chi connectivity index (χ4n) is 2.56. The molecule has 1 amide bonds. The number of likely N-dealkylation sites (N-methyl/N-ethyl adjacent to an activating group) is 1. The molecule has 110 valence electrons. The Hall–Kier alpha value is -1.46. The topological polar surface area (TPSA) is 35.6 Å². The van der Waals surface area contributed by atoms with Gasteiger partial charge >= 0.3 is 0 Å². The third-order valence-electron chi connectivity index (χ3n) is 3.57. The fraction of sp³-hybridized carbons (Fsp3) is 0.533. The van der Waals surface area contributed by atoms with Crippen LogP contribution in [0.4, 0.5) is 10.1 Å². The fourth-order valence-corrected chi connectivity index (χ4v) is 2.56. The zero-order chi connectivity index (χ0) is 14.5. The Balaban J connectivity index is 2.00. The summed E-state index contributed by atoms with van der Waals surface area (Å²) in [6, 6.07) is 6.49. The number of amides is 1. The lowest BCUT2D eigenvalue weighted by molar-refractivity contribution is -0.119. The monoisotopic (exact) mass is 279 g/mol. The van der Waals surface area contributed by atoms with Crippen LogP contribution in [0, 0.1) is 5.82 Å². The van der Waals surface area contributed by atoms with Gasteiger partial charge in [-0.15, -0.1) is 0 Å². The number of halogens is 1. The molecule has 4 nitrogen and oxygen atoms in total. The van der Waals surface area contributed by atoms with E-state index >= 15 is 0 Å². The summed E-state index contributed by atoms with van der Waals surface area (Å²) in [6.07, 6.45) is 0. The average Bonchev–Trinajstić information content (AvgIpc) is 2.42. The molecule has 0 aromatic heterocycles. The van der Waals surface area contributed by atoms with E-state index in [4.69, 9.17) is 0 Å². The first-order chi connectivity index (χ1) is 9.60. The Labute approximate surface area is 119 Å². The van der Waals surface area contributed by atoms with Crippen LogP contribution in [-0.2, 0) is 4.79 Å². The third kappa shape index (κ3) is 3.77. The molecule has 1 aliphatic heterocycles. The number of nitrogens with zero attached hydrogens (tertiary/aromatic N) is 2. The maximum Gasteiger partial charge on any atom is 0.241 e. The van der Waals surface area contributed by atoms with E-state index in [0.717, 1.165) is 25.3 Å². The van der Waals surface area contributed by atoms with Gasteiger partial charge in [-0.25, -0.2) is 4.39 Å². The van der Waals surface area contributed by atoms with E-state index in [9.17, 15) is 9.18 Å². The van der Waals surface area contributed by atoms with Crippen LogP contribution in [0.1, 0.15) is 13.8 Å². The summed E-state index contributed by atoms with van der Waals surface area (Å²) in [7, 11) is 0. The van der Waals surface area contributed by atoms with E-state index in [1.54, 1.807) is 17.0 Å². The van der Waals surface area contributed by atoms with Gasteiger partial charge in [0.05, 0.1) is 6.54 Å². The van der Waals surface area contributed by atoms with Crippen molar-refractivity contribution in [2.75, 3.05) is 37.6 Å². The maximum atomic E-state index is 13.0. The van der Waals surface area contributed by atoms with Gasteiger partial charge in [-0.2, -0.15) is 0 Å². The van der Waals surface area contributed by atoms with Crippen LogP contribution >= 0.6 is 0 Å². The SMILES string of the molecule is CCN(C(=O)CN1CCN[C@@H](C)C1)c1ccc(F)cc1. The molecule has 1 atom stereocenters. The molecule has 1 saturated heterocycles. The van der Waals surface area contributed by atoms with Crippen molar-refractivity contribution in [3.8, 4) is 0 Å². The molecule has 0 spiro atoms. The van der Waals surface area contributed by atoms with Gasteiger partial charge in [0.15, 0.2) is 0 Å². The highest BCUT2D eigenvalue weighted by Crippen LogP contribution is 2.15. The van der Waals surface area contributed by atoms with Gasteiger partial charge < -0.3 is 10.2 Å². The summed E-state index contributed by atoms with van der Waals surface area (Å²) in [5, 5.41) is 3.36. The van der Waals surface area contributed by atoms with Crippen LogP contribution in [0.5, 0.6) is 0 Å². The molecule has 0 aliphatic carbocycles. The molecule has 1 heterocycles. The summed E-state index contributed by atoms with van der Waals surface area (Å²) >= 11 is 0. The number of benzene rings is 1. The molecule has 2 rings (SSSR count). The second kappa shape index (κ2) is 6.81. The molecule has 1 aliphatic rings. The highest BCUT2D eigenvalue weighted by Gasteiger charge is 2.21. The molecule has 5 heteroatoms. The van der Waals surface area contributed by atoms with Crippen molar-refractivity contribution in [2.45, 2.75) is 19.9 Å². The quantitative estimate of drug-likeness (QED) is 0.906. The Morgan fingerprint density at radius 1 is 1.45 bits per heavy atom. The van der Waals surface area contributed by atoms with Crippen molar-refractivity contribution < 1.29 is 9.18 Å². The molecule has 20 heavy (non-hydrogen) atoms. The number of carbonyl (C=O) groups is 1. The molecule has 0 bridgehead atoms. The van der Waals surface area contributed by atoms with Gasteiger partial charge in [-0.1, -0.05) is 0 Å². The van der Waals surface area contributed by atoms with E-state index < -0.39 is 0 Å². The van der Waals surface area contributed by atoms with Gasteiger partial charge in [0, 0.05) is 37.9 Å². The van der Waals surface area contributed by atoms with Crippen LogP contribution in [0.2, 0.25) is 0 Å². The van der Waals surface area contributed by atoms with E-state index in [2.05, 4.69) is 17.1 Å². The Morgan fingerprint density at radius 2 is 2.15 bits per heavy atom. The van der Waals surface area contributed by atoms with Crippen molar-refractivity contribution in [1.29, 1.82) is 0 Å². The first-order valence-electron chi connectivity index (χ1n) is 7.12. The Kier molecular flexibility index (Phi) is 5.09. The van der Waals surface area contributed by atoms with Crippen LogP contribution in [0.3, 0.4) is 0 Å². The highest BCUT2D eigenvalue weighted by molar-refractivity contribution is 5.94. The van der Waals surface area contributed by atoms with Gasteiger partial charge in [-0.05, 0) is 38.1 Å². The smallest absolute Gasteiger partial charge is 0.241 e. The van der Waals surface area contributed by atoms with Gasteiger partial charge in [-0.3, -0.25) is 9.69 Å². The Morgan fingerprint density at radius 3 is 2.75 bits per heavy atom. The summed E-state index contributed by atoms with van der Waals surface area (Å²) in [4.78, 5) is 16.3. The minimum Gasteiger partial charge on any atom is -0.312 e. The lowest BCUT2D eigenvalue weighted by Crippen LogP contribution is -2.52. The molecule has 1 fully saturated rings. The molecular weight excluding hydrogens is 257 g/mol. The Bertz CT molecular complexity index is 449. The maximum absolute atomic E-state index is 13.0. The standard InChI is InChI=1S/C15H22FN3O/c1-3-19(14-6-4-13(16)5-7-14)15(20)11-18-9-8-17-12(2)10-18/h4-7,12,17H,3,8-11H2,1-2H3/t12-/m0/s1. The van der Waals surface area contributed by atoms with E-state index in [-0.39, 0.29) is 11.7 Å². The lowest BCUT2D eigenvalue weighted by atomic mass is 10.2. The molecule has 0 radical (unpaired) electrons. The molecule has 1 aromatic rings. The van der Waals surface area contributed by atoms with Crippen LogP contribution in [0.25, 0.3) is 0 Å². The van der Waals surface area contributed by atoms with Crippen molar-refractivity contribution in [1.82, 2.24) is 10.2 Å². The predicted molar refractivity (Wildman–Crippen MR) is 78.3 cm³/mol. The molecular formula is C15H22FN3O. The van der Waals surface area contributed by atoms with E-state index in [0.29, 0.717) is 19.1 Å². The largest absolute Gasteiger partial charge is 0.312 e. The third-order valence-corrected chi connectivity index (χ3v) is 3.57. The van der Waals surface area contributed by atoms with Gasteiger partial charge in [0.25, 0.3) is 0 Å². The van der Waals surface area contributed by atoms with E-state index in [1.165, 1.54) is 12.1 Å². The van der Waals surface area contributed by atoms with Crippen LogP contribution in [-0.4, -0.2) is 49.6 Å². The zero-order valence-electron chi connectivity index (χ0n) is 12.1. The highest BCUT2D eigenvalue weighted by atomic mass is 19.1. The summed E-state index contributed by atoms with van der Waals surface area (Å²) in [5.74, 6) is -0.221. The number of anilines is 1. The number of piperazine rings is 1. The minimum absolute atomic E-state index is 0.0632. The number of carbonyl (C=O) groups excluding carboxylic acids is 1. The van der Waals surface area contributed by atoms with Crippen LogP contribution < -0.4 is 10.2 Å². The molecule has 0 saturated carbocycles. The molecule has 1 N–H and O–H groups in total. The van der Waals surface area contributed by atoms with Crippen molar-refractivity contribution >= 4 is 11.6 Å². The van der Waals surface area contributed by atoms with Crippen molar-refractivity contribution in [3.63, 3.8) is 0 Å². The van der Waals surface area contributed by atoms with Gasteiger partial charge in [0.1, 0.15) is 5.82 Å². The lowest BCUT2D eigenvalue weighted by Gasteiger charge is -2.33. The molecule has 1 aromatic carbocycles. The average molecular weight is 279 g/mol. The predicted octanol–water partition coefficient (Wildman–Crippen LogP) is 1.47. The van der Waals surface area contributed by atoms with E-state index in [1.807, 2.05) is 6.92 Å². The normalized spacial score (nSPS) is 19.9. The number of rotatable bonds is 4.